The van der Waals surface area contributed by atoms with Gasteiger partial charge in [-0.3, -0.25) is 4.79 Å². The third kappa shape index (κ3) is 4.21. The third-order valence-electron chi connectivity index (χ3n) is 2.81. The summed E-state index contributed by atoms with van der Waals surface area (Å²) >= 11 is 0. The first-order chi connectivity index (χ1) is 8.54. The molecule has 1 atom stereocenters. The van der Waals surface area contributed by atoms with Crippen molar-refractivity contribution in [1.29, 1.82) is 0 Å². The molecular formula is C16H21NO. The van der Waals surface area contributed by atoms with Gasteiger partial charge in [0.05, 0.1) is 6.04 Å². The lowest BCUT2D eigenvalue weighted by molar-refractivity contribution is -0.117. The molecule has 1 aromatic carbocycles. The summed E-state index contributed by atoms with van der Waals surface area (Å²) in [4.78, 5) is 11.7. The van der Waals surface area contributed by atoms with Gasteiger partial charge in [0.1, 0.15) is 0 Å². The van der Waals surface area contributed by atoms with Gasteiger partial charge in [-0.05, 0) is 38.8 Å². The number of nitrogens with one attached hydrogen (secondary N) is 1. The molecule has 0 bridgehead atoms. The number of allylic oxidation sites excluding steroid dienone is 3. The van der Waals surface area contributed by atoms with Crippen molar-refractivity contribution < 1.29 is 4.79 Å². The first-order valence-electron chi connectivity index (χ1n) is 6.21. The molecule has 0 aromatic heterocycles. The molecule has 0 fully saturated rings. The molecular weight excluding hydrogens is 222 g/mol. The Bertz CT molecular complexity index is 472. The maximum absolute atomic E-state index is 11.7. The average molecular weight is 243 g/mol. The third-order valence-corrected chi connectivity index (χ3v) is 2.81. The van der Waals surface area contributed by atoms with Crippen LogP contribution in [0.15, 0.2) is 42.5 Å². The van der Waals surface area contributed by atoms with E-state index in [1.54, 1.807) is 12.2 Å². The number of amides is 1. The Hall–Kier alpha value is -1.83. The zero-order chi connectivity index (χ0) is 13.5. The van der Waals surface area contributed by atoms with E-state index in [1.807, 2.05) is 26.0 Å². The van der Waals surface area contributed by atoms with E-state index in [2.05, 4.69) is 37.4 Å². The molecule has 18 heavy (non-hydrogen) atoms. The summed E-state index contributed by atoms with van der Waals surface area (Å²) in [5.41, 5.74) is 3.58. The zero-order valence-electron chi connectivity index (χ0n) is 11.5. The second kappa shape index (κ2) is 6.80. The van der Waals surface area contributed by atoms with Crippen LogP contribution >= 0.6 is 0 Å². The monoisotopic (exact) mass is 243 g/mol. The summed E-state index contributed by atoms with van der Waals surface area (Å²) in [5, 5.41) is 2.96. The van der Waals surface area contributed by atoms with Crippen LogP contribution < -0.4 is 5.32 Å². The molecule has 1 amide bonds. The summed E-state index contributed by atoms with van der Waals surface area (Å²) in [5.74, 6) is -0.0680. The molecule has 0 aliphatic rings. The summed E-state index contributed by atoms with van der Waals surface area (Å²) in [6.45, 7) is 8.04. The largest absolute Gasteiger partial charge is 0.346 e. The Morgan fingerprint density at radius 2 is 2.00 bits per heavy atom. The number of hydrogen-bond donors (Lipinski definition) is 1. The number of hydrogen-bond acceptors (Lipinski definition) is 1. The SMILES string of the molecule is C/C=C/C=C/C(=O)N[C@@H](C)c1cc(C)ccc1C. The van der Waals surface area contributed by atoms with Gasteiger partial charge >= 0.3 is 0 Å². The fraction of sp³-hybridized carbons (Fsp3) is 0.312. The highest BCUT2D eigenvalue weighted by Crippen LogP contribution is 2.18. The van der Waals surface area contributed by atoms with Crippen molar-refractivity contribution in [3.63, 3.8) is 0 Å². The van der Waals surface area contributed by atoms with Crippen LogP contribution in [0, 0.1) is 13.8 Å². The van der Waals surface area contributed by atoms with Gasteiger partial charge in [-0.1, -0.05) is 42.0 Å². The molecule has 0 aliphatic carbocycles. The van der Waals surface area contributed by atoms with Crippen molar-refractivity contribution in [3.05, 3.63) is 59.2 Å². The lowest BCUT2D eigenvalue weighted by Crippen LogP contribution is -2.25. The van der Waals surface area contributed by atoms with E-state index in [-0.39, 0.29) is 11.9 Å². The van der Waals surface area contributed by atoms with Crippen LogP contribution in [0.2, 0.25) is 0 Å². The molecule has 0 saturated heterocycles. The first-order valence-corrected chi connectivity index (χ1v) is 6.21. The molecule has 0 aliphatic heterocycles. The van der Waals surface area contributed by atoms with Crippen LogP contribution in [-0.4, -0.2) is 5.91 Å². The normalized spacial score (nSPS) is 13.1. The molecule has 0 heterocycles. The molecule has 96 valence electrons. The van der Waals surface area contributed by atoms with E-state index in [1.165, 1.54) is 16.7 Å². The summed E-state index contributed by atoms with van der Waals surface area (Å²) in [7, 11) is 0. The summed E-state index contributed by atoms with van der Waals surface area (Å²) in [6.07, 6.45) is 7.01. The number of carbonyl (C=O) groups is 1. The number of carbonyl (C=O) groups excluding carboxylic acids is 1. The van der Waals surface area contributed by atoms with Crippen LogP contribution in [0.4, 0.5) is 0 Å². The van der Waals surface area contributed by atoms with Gasteiger partial charge in [-0.2, -0.15) is 0 Å². The number of benzene rings is 1. The number of rotatable bonds is 4. The lowest BCUT2D eigenvalue weighted by Gasteiger charge is -2.16. The lowest BCUT2D eigenvalue weighted by atomic mass is 10.00. The zero-order valence-corrected chi connectivity index (χ0v) is 11.5. The second-order valence-corrected chi connectivity index (χ2v) is 4.48. The van der Waals surface area contributed by atoms with E-state index in [9.17, 15) is 4.79 Å². The van der Waals surface area contributed by atoms with Gasteiger partial charge in [-0.15, -0.1) is 0 Å². The van der Waals surface area contributed by atoms with Crippen molar-refractivity contribution in [3.8, 4) is 0 Å². The van der Waals surface area contributed by atoms with E-state index in [0.29, 0.717) is 0 Å². The Balaban J connectivity index is 2.73. The summed E-state index contributed by atoms with van der Waals surface area (Å²) < 4.78 is 0. The molecule has 0 unspecified atom stereocenters. The smallest absolute Gasteiger partial charge is 0.244 e. The van der Waals surface area contributed by atoms with Gasteiger partial charge < -0.3 is 5.32 Å². The van der Waals surface area contributed by atoms with Crippen LogP contribution in [0.3, 0.4) is 0 Å². The highest BCUT2D eigenvalue weighted by molar-refractivity contribution is 5.88. The van der Waals surface area contributed by atoms with Gasteiger partial charge in [0.15, 0.2) is 0 Å². The molecule has 1 rings (SSSR count). The molecule has 0 spiro atoms. The first kappa shape index (κ1) is 14.2. The average Bonchev–Trinajstić information content (AvgIpc) is 2.32. The molecule has 1 N–H and O–H groups in total. The Kier molecular flexibility index (Phi) is 5.37. The van der Waals surface area contributed by atoms with Crippen LogP contribution in [-0.2, 0) is 4.79 Å². The highest BCUT2D eigenvalue weighted by Gasteiger charge is 2.09. The van der Waals surface area contributed by atoms with Crippen molar-refractivity contribution in [2.24, 2.45) is 0 Å². The minimum Gasteiger partial charge on any atom is -0.346 e. The fourth-order valence-corrected chi connectivity index (χ4v) is 1.82. The number of aryl methyl sites for hydroxylation is 2. The Labute approximate surface area is 109 Å². The minimum absolute atomic E-state index is 0.0210. The van der Waals surface area contributed by atoms with Gasteiger partial charge in [0.2, 0.25) is 5.91 Å². The predicted octanol–water partition coefficient (Wildman–Crippen LogP) is 3.61. The minimum atomic E-state index is -0.0680. The highest BCUT2D eigenvalue weighted by atomic mass is 16.1. The predicted molar refractivity (Wildman–Crippen MR) is 76.4 cm³/mol. The van der Waals surface area contributed by atoms with E-state index >= 15 is 0 Å². The second-order valence-electron chi connectivity index (χ2n) is 4.48. The maximum atomic E-state index is 11.7. The van der Waals surface area contributed by atoms with Crippen molar-refractivity contribution >= 4 is 5.91 Å². The van der Waals surface area contributed by atoms with Crippen LogP contribution in [0.25, 0.3) is 0 Å². The molecule has 1 aromatic rings. The van der Waals surface area contributed by atoms with Gasteiger partial charge in [0.25, 0.3) is 0 Å². The molecule has 2 heteroatoms. The van der Waals surface area contributed by atoms with Crippen molar-refractivity contribution in [1.82, 2.24) is 5.32 Å². The van der Waals surface area contributed by atoms with E-state index < -0.39 is 0 Å². The van der Waals surface area contributed by atoms with Crippen molar-refractivity contribution in [2.75, 3.05) is 0 Å². The van der Waals surface area contributed by atoms with Gasteiger partial charge in [-0.25, -0.2) is 0 Å². The Morgan fingerprint density at radius 3 is 2.67 bits per heavy atom. The van der Waals surface area contributed by atoms with Crippen LogP contribution in [0.1, 0.15) is 36.6 Å². The molecule has 0 radical (unpaired) electrons. The van der Waals surface area contributed by atoms with Crippen molar-refractivity contribution in [2.45, 2.75) is 33.7 Å². The van der Waals surface area contributed by atoms with Crippen LogP contribution in [0.5, 0.6) is 0 Å². The van der Waals surface area contributed by atoms with Gasteiger partial charge in [0, 0.05) is 6.08 Å². The Morgan fingerprint density at radius 1 is 1.28 bits per heavy atom. The maximum Gasteiger partial charge on any atom is 0.244 e. The standard InChI is InChI=1S/C16H21NO/c1-5-6-7-8-16(18)17-14(4)15-11-12(2)9-10-13(15)3/h5-11,14H,1-4H3,(H,17,18)/b6-5+,8-7+/t14-/m0/s1. The fourth-order valence-electron chi connectivity index (χ4n) is 1.82. The molecule has 0 saturated carbocycles. The van der Waals surface area contributed by atoms with E-state index in [4.69, 9.17) is 0 Å². The van der Waals surface area contributed by atoms with E-state index in [0.717, 1.165) is 0 Å². The quantitative estimate of drug-likeness (QED) is 0.635. The molecule has 2 nitrogen and oxygen atoms in total. The summed E-state index contributed by atoms with van der Waals surface area (Å²) in [6, 6.07) is 6.31. The topological polar surface area (TPSA) is 29.1 Å².